The van der Waals surface area contributed by atoms with Gasteiger partial charge in [-0.15, -0.1) is 0 Å². The number of halogens is 4. The van der Waals surface area contributed by atoms with Crippen LogP contribution in [0.1, 0.15) is 33.4 Å². The van der Waals surface area contributed by atoms with E-state index in [0.717, 1.165) is 12.1 Å². The lowest BCUT2D eigenvalue weighted by Gasteiger charge is -2.24. The largest absolute Gasteiger partial charge is 0.475 e. The molecular weight excluding hydrogens is 451 g/mol. The highest BCUT2D eigenvalue weighted by Crippen LogP contribution is 2.38. The minimum absolute atomic E-state index is 0.0536. The van der Waals surface area contributed by atoms with E-state index in [-0.39, 0.29) is 24.5 Å². The van der Waals surface area contributed by atoms with Crippen molar-refractivity contribution in [1.29, 1.82) is 0 Å². The molecule has 2 aromatic carbocycles. The Kier molecular flexibility index (Phi) is 5.55. The summed E-state index contributed by atoms with van der Waals surface area (Å²) in [5.41, 5.74) is 0.142. The Morgan fingerprint density at radius 1 is 1.19 bits per heavy atom. The van der Waals surface area contributed by atoms with Crippen LogP contribution in [0.3, 0.4) is 0 Å². The van der Waals surface area contributed by atoms with Gasteiger partial charge in [0.2, 0.25) is 5.76 Å². The Balaban J connectivity index is 1.70. The van der Waals surface area contributed by atoms with Crippen LogP contribution in [-0.2, 0) is 12.7 Å². The van der Waals surface area contributed by atoms with Gasteiger partial charge >= 0.3 is 18.2 Å². The zero-order valence-electron chi connectivity index (χ0n) is 16.2. The number of rotatable bonds is 5. The second kappa shape index (κ2) is 8.19. The number of carboxylic acid groups (broad SMARTS) is 1. The SMILES string of the molecule is O=C(O)c1cc(CN2CC(c3cccc(C(F)(F)F)c3)N(c3ccc(Cl)cc3)C2=O)no1. The van der Waals surface area contributed by atoms with Gasteiger partial charge in [-0.25, -0.2) is 9.59 Å². The molecule has 0 radical (unpaired) electrons. The summed E-state index contributed by atoms with van der Waals surface area (Å²) in [4.78, 5) is 27.0. The topological polar surface area (TPSA) is 86.9 Å². The Bertz CT molecular complexity index is 1160. The standard InChI is InChI=1S/C21H15ClF3N3O4/c22-14-4-6-16(7-5-14)28-17(12-2-1-3-13(8-12)21(23,24)25)11-27(20(28)31)10-15-9-18(19(29)30)32-26-15/h1-9,17H,10-11H2,(H,29,30). The maximum absolute atomic E-state index is 13.3. The summed E-state index contributed by atoms with van der Waals surface area (Å²) in [7, 11) is 0. The maximum Gasteiger partial charge on any atom is 0.416 e. The minimum Gasteiger partial charge on any atom is -0.475 e. The van der Waals surface area contributed by atoms with E-state index >= 15 is 0 Å². The molecule has 2 heterocycles. The normalized spacial score (nSPS) is 16.6. The fourth-order valence-corrected chi connectivity index (χ4v) is 3.66. The van der Waals surface area contributed by atoms with Crippen LogP contribution < -0.4 is 4.90 Å². The molecule has 0 bridgehead atoms. The van der Waals surface area contributed by atoms with E-state index < -0.39 is 29.8 Å². The molecule has 4 rings (SSSR count). The summed E-state index contributed by atoms with van der Waals surface area (Å²) in [6.07, 6.45) is -4.53. The number of urea groups is 1. The van der Waals surface area contributed by atoms with Gasteiger partial charge in [-0.1, -0.05) is 28.9 Å². The van der Waals surface area contributed by atoms with Crippen LogP contribution >= 0.6 is 11.6 Å². The monoisotopic (exact) mass is 465 g/mol. The van der Waals surface area contributed by atoms with Gasteiger partial charge in [0.05, 0.1) is 18.2 Å². The van der Waals surface area contributed by atoms with Gasteiger partial charge in [0.15, 0.2) is 0 Å². The Labute approximate surface area is 184 Å². The maximum atomic E-state index is 13.3. The van der Waals surface area contributed by atoms with E-state index in [1.165, 1.54) is 28.0 Å². The average molecular weight is 466 g/mol. The number of anilines is 1. The Morgan fingerprint density at radius 2 is 1.91 bits per heavy atom. The highest BCUT2D eigenvalue weighted by molar-refractivity contribution is 6.30. The Morgan fingerprint density at radius 3 is 2.53 bits per heavy atom. The van der Waals surface area contributed by atoms with Crippen molar-refractivity contribution in [1.82, 2.24) is 10.1 Å². The van der Waals surface area contributed by atoms with Crippen LogP contribution in [0.2, 0.25) is 5.02 Å². The summed E-state index contributed by atoms with van der Waals surface area (Å²) < 4.78 is 44.5. The molecule has 0 saturated carbocycles. The number of alkyl halides is 3. The molecule has 7 nitrogen and oxygen atoms in total. The Hall–Kier alpha value is -3.53. The number of aromatic nitrogens is 1. The molecule has 1 aliphatic heterocycles. The van der Waals surface area contributed by atoms with Crippen molar-refractivity contribution in [3.8, 4) is 0 Å². The molecule has 1 aliphatic rings. The highest BCUT2D eigenvalue weighted by Gasteiger charge is 2.40. The fraction of sp³-hybridized carbons (Fsp3) is 0.190. The number of hydrogen-bond donors (Lipinski definition) is 1. The van der Waals surface area contributed by atoms with Crippen LogP contribution in [0.5, 0.6) is 0 Å². The predicted molar refractivity (Wildman–Crippen MR) is 107 cm³/mol. The number of benzene rings is 2. The summed E-state index contributed by atoms with van der Waals surface area (Å²) in [5.74, 6) is -1.68. The third-order valence-electron chi connectivity index (χ3n) is 5.01. The van der Waals surface area contributed by atoms with Gasteiger partial charge in [0.1, 0.15) is 5.69 Å². The average Bonchev–Trinajstić information content (AvgIpc) is 3.34. The molecule has 1 unspecified atom stereocenters. The van der Waals surface area contributed by atoms with Gasteiger partial charge in [-0.3, -0.25) is 4.90 Å². The molecular formula is C21H15ClF3N3O4. The molecule has 1 saturated heterocycles. The number of carbonyl (C=O) groups excluding carboxylic acids is 1. The highest BCUT2D eigenvalue weighted by atomic mass is 35.5. The number of aromatic carboxylic acids is 1. The molecule has 3 aromatic rings. The second-order valence-corrected chi connectivity index (χ2v) is 7.57. The number of amides is 2. The molecule has 1 atom stereocenters. The van der Waals surface area contributed by atoms with Crippen LogP contribution in [0.25, 0.3) is 0 Å². The van der Waals surface area contributed by atoms with Crippen molar-refractivity contribution in [2.75, 3.05) is 11.4 Å². The van der Waals surface area contributed by atoms with Crippen molar-refractivity contribution in [2.45, 2.75) is 18.8 Å². The van der Waals surface area contributed by atoms with Crippen molar-refractivity contribution in [2.24, 2.45) is 0 Å². The lowest BCUT2D eigenvalue weighted by Crippen LogP contribution is -2.32. The number of hydrogen-bond acceptors (Lipinski definition) is 4. The summed E-state index contributed by atoms with van der Waals surface area (Å²) >= 11 is 5.94. The first-order valence-corrected chi connectivity index (χ1v) is 9.71. The number of carbonyl (C=O) groups is 2. The molecule has 1 N–H and O–H groups in total. The van der Waals surface area contributed by atoms with E-state index in [0.29, 0.717) is 16.3 Å². The number of nitrogens with zero attached hydrogens (tertiary/aromatic N) is 3. The first kappa shape index (κ1) is 21.7. The molecule has 0 aliphatic carbocycles. The van der Waals surface area contributed by atoms with E-state index in [2.05, 4.69) is 5.16 Å². The quantitative estimate of drug-likeness (QED) is 0.557. The van der Waals surface area contributed by atoms with Crippen LogP contribution in [0, 0.1) is 0 Å². The van der Waals surface area contributed by atoms with Gasteiger partial charge in [-0.2, -0.15) is 13.2 Å². The van der Waals surface area contributed by atoms with Crippen molar-refractivity contribution < 1.29 is 32.4 Å². The predicted octanol–water partition coefficient (Wildman–Crippen LogP) is 5.23. The lowest BCUT2D eigenvalue weighted by molar-refractivity contribution is -0.137. The molecule has 166 valence electrons. The third kappa shape index (κ3) is 4.26. The summed E-state index contributed by atoms with van der Waals surface area (Å²) in [6.45, 7) is -0.0206. The fourth-order valence-electron chi connectivity index (χ4n) is 3.54. The van der Waals surface area contributed by atoms with Gasteiger partial charge in [-0.05, 0) is 42.0 Å². The smallest absolute Gasteiger partial charge is 0.416 e. The van der Waals surface area contributed by atoms with E-state index in [4.69, 9.17) is 21.2 Å². The first-order valence-electron chi connectivity index (χ1n) is 9.33. The van der Waals surface area contributed by atoms with Crippen LogP contribution in [-0.4, -0.2) is 33.7 Å². The first-order chi connectivity index (χ1) is 15.1. The molecule has 2 amide bonds. The van der Waals surface area contributed by atoms with E-state index in [1.54, 1.807) is 24.3 Å². The van der Waals surface area contributed by atoms with Gasteiger partial charge in [0.25, 0.3) is 0 Å². The van der Waals surface area contributed by atoms with E-state index in [1.807, 2.05) is 0 Å². The van der Waals surface area contributed by atoms with Crippen molar-refractivity contribution in [3.63, 3.8) is 0 Å². The van der Waals surface area contributed by atoms with E-state index in [9.17, 15) is 22.8 Å². The van der Waals surface area contributed by atoms with Crippen molar-refractivity contribution >= 4 is 29.3 Å². The minimum atomic E-state index is -4.53. The van der Waals surface area contributed by atoms with Gasteiger partial charge < -0.3 is 14.5 Å². The number of carboxylic acids is 1. The zero-order chi connectivity index (χ0) is 23.0. The molecule has 1 aromatic heterocycles. The molecule has 32 heavy (non-hydrogen) atoms. The summed E-state index contributed by atoms with van der Waals surface area (Å²) in [5, 5.41) is 13.1. The zero-order valence-corrected chi connectivity index (χ0v) is 17.0. The molecule has 1 fully saturated rings. The third-order valence-corrected chi connectivity index (χ3v) is 5.26. The van der Waals surface area contributed by atoms with Crippen molar-refractivity contribution in [3.05, 3.63) is 82.2 Å². The second-order valence-electron chi connectivity index (χ2n) is 7.14. The molecule has 11 heteroatoms. The summed E-state index contributed by atoms with van der Waals surface area (Å²) in [6, 6.07) is 11.1. The molecule has 0 spiro atoms. The van der Waals surface area contributed by atoms with Crippen LogP contribution in [0.15, 0.2) is 59.1 Å². The van der Waals surface area contributed by atoms with Crippen LogP contribution in [0.4, 0.5) is 23.7 Å². The lowest BCUT2D eigenvalue weighted by atomic mass is 10.0. The van der Waals surface area contributed by atoms with Gasteiger partial charge in [0, 0.05) is 23.3 Å².